The maximum Gasteiger partial charge on any atom is 0.251 e. The number of hydrogen-bond acceptors (Lipinski definition) is 1. The number of pyridine rings is 1. The van der Waals surface area contributed by atoms with Crippen molar-refractivity contribution in [1.29, 1.82) is 0 Å². The minimum absolute atomic E-state index is 0.191. The Hall–Kier alpha value is -1.05. The first-order valence-electron chi connectivity index (χ1n) is 6.99. The van der Waals surface area contributed by atoms with Gasteiger partial charge in [0.2, 0.25) is 0 Å². The van der Waals surface area contributed by atoms with Crippen molar-refractivity contribution in [1.82, 2.24) is 4.98 Å². The van der Waals surface area contributed by atoms with Crippen LogP contribution in [0, 0.1) is 5.92 Å². The maximum atomic E-state index is 12.1. The van der Waals surface area contributed by atoms with Gasteiger partial charge in [0.05, 0.1) is 0 Å². The summed E-state index contributed by atoms with van der Waals surface area (Å²) in [5, 5.41) is 0. The maximum absolute atomic E-state index is 12.1. The summed E-state index contributed by atoms with van der Waals surface area (Å²) >= 11 is 0. The van der Waals surface area contributed by atoms with Gasteiger partial charge in [0.1, 0.15) is 0 Å². The smallest absolute Gasteiger partial charge is 0.251 e. The van der Waals surface area contributed by atoms with E-state index < -0.39 is 0 Å². The Labute approximate surface area is 102 Å². The molecule has 0 aliphatic heterocycles. The van der Waals surface area contributed by atoms with Crippen LogP contribution in [0.1, 0.15) is 61.8 Å². The molecule has 0 saturated heterocycles. The van der Waals surface area contributed by atoms with E-state index in [1.54, 1.807) is 0 Å². The molecular weight excluding hydrogens is 210 g/mol. The molecule has 1 heterocycles. The van der Waals surface area contributed by atoms with Gasteiger partial charge in [-0.25, -0.2) is 0 Å². The molecule has 1 fully saturated rings. The average Bonchev–Trinajstić information content (AvgIpc) is 2.76. The van der Waals surface area contributed by atoms with E-state index in [-0.39, 0.29) is 5.56 Å². The molecule has 0 amide bonds. The van der Waals surface area contributed by atoms with E-state index in [1.807, 2.05) is 0 Å². The molecule has 1 aromatic rings. The van der Waals surface area contributed by atoms with Crippen molar-refractivity contribution >= 4 is 0 Å². The number of hydrogen-bond donors (Lipinski definition) is 1. The molecule has 1 saturated carbocycles. The van der Waals surface area contributed by atoms with E-state index in [0.717, 1.165) is 24.3 Å². The van der Waals surface area contributed by atoms with E-state index in [1.165, 1.54) is 43.4 Å². The largest absolute Gasteiger partial charge is 0.326 e. The summed E-state index contributed by atoms with van der Waals surface area (Å²) in [5.41, 5.74) is 3.79. The second-order valence-electron chi connectivity index (χ2n) is 5.88. The van der Waals surface area contributed by atoms with Crippen LogP contribution in [-0.2, 0) is 12.8 Å². The fraction of sp³-hybridized carbons (Fsp3) is 0.667. The number of rotatable bonds is 1. The molecule has 0 bridgehead atoms. The third-order valence-corrected chi connectivity index (χ3v) is 4.51. The van der Waals surface area contributed by atoms with E-state index in [4.69, 9.17) is 0 Å². The highest BCUT2D eigenvalue weighted by atomic mass is 16.1. The monoisotopic (exact) mass is 231 g/mol. The second-order valence-corrected chi connectivity index (χ2v) is 5.88. The van der Waals surface area contributed by atoms with Crippen LogP contribution in [0.5, 0.6) is 0 Å². The Morgan fingerprint density at radius 1 is 1.24 bits per heavy atom. The Balaban J connectivity index is 1.96. The fourth-order valence-electron chi connectivity index (χ4n) is 3.49. The summed E-state index contributed by atoms with van der Waals surface area (Å²) in [7, 11) is 0. The van der Waals surface area contributed by atoms with E-state index >= 15 is 0 Å². The summed E-state index contributed by atoms with van der Waals surface area (Å²) < 4.78 is 0. The van der Waals surface area contributed by atoms with Crippen molar-refractivity contribution in [2.75, 3.05) is 0 Å². The fourth-order valence-corrected chi connectivity index (χ4v) is 3.49. The van der Waals surface area contributed by atoms with Crippen LogP contribution >= 0.6 is 0 Å². The molecule has 3 rings (SSSR count). The molecule has 92 valence electrons. The lowest BCUT2D eigenvalue weighted by atomic mass is 9.90. The molecule has 2 unspecified atom stereocenters. The van der Waals surface area contributed by atoms with Crippen LogP contribution < -0.4 is 5.56 Å². The summed E-state index contributed by atoms with van der Waals surface area (Å²) in [6.45, 7) is 2.32. The van der Waals surface area contributed by atoms with Crippen LogP contribution in [0.3, 0.4) is 0 Å². The van der Waals surface area contributed by atoms with Crippen LogP contribution in [0.4, 0.5) is 0 Å². The highest BCUT2D eigenvalue weighted by molar-refractivity contribution is 5.30. The normalized spacial score (nSPS) is 28.1. The Bertz CT molecular complexity index is 474. The Morgan fingerprint density at radius 3 is 2.82 bits per heavy atom. The second kappa shape index (κ2) is 4.32. The zero-order chi connectivity index (χ0) is 11.8. The van der Waals surface area contributed by atoms with Gasteiger partial charge in [0, 0.05) is 11.3 Å². The topological polar surface area (TPSA) is 32.9 Å². The molecule has 17 heavy (non-hydrogen) atoms. The number of aromatic amines is 1. The van der Waals surface area contributed by atoms with Crippen LogP contribution in [0.15, 0.2) is 10.9 Å². The highest BCUT2D eigenvalue weighted by Crippen LogP contribution is 2.37. The van der Waals surface area contributed by atoms with Gasteiger partial charge in [0.15, 0.2) is 0 Å². The standard InChI is InChI=1S/C15H21NO/c1-10-6-7-12(8-10)14-9-11-4-2-3-5-13(11)15(17)16-14/h9-10,12H,2-8H2,1H3,(H,16,17). The molecule has 2 atom stereocenters. The molecule has 1 aromatic heterocycles. The van der Waals surface area contributed by atoms with E-state index in [0.29, 0.717) is 5.92 Å². The molecule has 0 aromatic carbocycles. The molecule has 1 N–H and O–H groups in total. The predicted octanol–water partition coefficient (Wildman–Crippen LogP) is 3.16. The summed E-state index contributed by atoms with van der Waals surface area (Å²) in [5.74, 6) is 1.42. The molecule has 2 aliphatic carbocycles. The predicted molar refractivity (Wildman–Crippen MR) is 69.5 cm³/mol. The number of fused-ring (bicyclic) bond motifs is 1. The van der Waals surface area contributed by atoms with Gasteiger partial charge in [-0.2, -0.15) is 0 Å². The van der Waals surface area contributed by atoms with Crippen molar-refractivity contribution in [3.63, 3.8) is 0 Å². The summed E-state index contributed by atoms with van der Waals surface area (Å²) in [6.07, 6.45) is 8.31. The zero-order valence-corrected chi connectivity index (χ0v) is 10.6. The van der Waals surface area contributed by atoms with Crippen molar-refractivity contribution in [2.45, 2.75) is 57.8 Å². The summed E-state index contributed by atoms with van der Waals surface area (Å²) in [4.78, 5) is 15.2. The van der Waals surface area contributed by atoms with Gasteiger partial charge in [0.25, 0.3) is 5.56 Å². The molecule has 0 radical (unpaired) electrons. The number of aromatic nitrogens is 1. The van der Waals surface area contributed by atoms with Gasteiger partial charge in [-0.05, 0) is 62.0 Å². The SMILES string of the molecule is CC1CCC(c2cc3c(c(=O)[nH]2)CCCC3)C1. The number of H-pyrrole nitrogens is 1. The van der Waals surface area contributed by atoms with Gasteiger partial charge in [-0.15, -0.1) is 0 Å². The first kappa shape index (κ1) is 11.1. The third kappa shape index (κ3) is 2.05. The minimum Gasteiger partial charge on any atom is -0.326 e. The molecular formula is C15H21NO. The van der Waals surface area contributed by atoms with Gasteiger partial charge in [-0.3, -0.25) is 4.79 Å². The Kier molecular flexibility index (Phi) is 2.81. The van der Waals surface area contributed by atoms with E-state index in [9.17, 15) is 4.79 Å². The lowest BCUT2D eigenvalue weighted by molar-refractivity contribution is 0.589. The van der Waals surface area contributed by atoms with Gasteiger partial charge in [-0.1, -0.05) is 13.3 Å². The van der Waals surface area contributed by atoms with E-state index in [2.05, 4.69) is 18.0 Å². The lowest BCUT2D eigenvalue weighted by Crippen LogP contribution is -2.21. The zero-order valence-electron chi connectivity index (χ0n) is 10.6. The van der Waals surface area contributed by atoms with Crippen LogP contribution in [0.2, 0.25) is 0 Å². The Morgan fingerprint density at radius 2 is 2.06 bits per heavy atom. The van der Waals surface area contributed by atoms with Gasteiger partial charge >= 0.3 is 0 Å². The number of aryl methyl sites for hydroxylation is 1. The summed E-state index contributed by atoms with van der Waals surface area (Å²) in [6, 6.07) is 2.29. The quantitative estimate of drug-likeness (QED) is 0.791. The highest BCUT2D eigenvalue weighted by Gasteiger charge is 2.25. The molecule has 2 nitrogen and oxygen atoms in total. The van der Waals surface area contributed by atoms with Crippen LogP contribution in [-0.4, -0.2) is 4.98 Å². The lowest BCUT2D eigenvalue weighted by Gasteiger charge is -2.18. The third-order valence-electron chi connectivity index (χ3n) is 4.51. The van der Waals surface area contributed by atoms with Crippen molar-refractivity contribution in [3.05, 3.63) is 33.2 Å². The van der Waals surface area contributed by atoms with Crippen molar-refractivity contribution in [2.24, 2.45) is 5.92 Å². The van der Waals surface area contributed by atoms with Crippen molar-refractivity contribution in [3.8, 4) is 0 Å². The van der Waals surface area contributed by atoms with Gasteiger partial charge < -0.3 is 4.98 Å². The molecule has 0 spiro atoms. The minimum atomic E-state index is 0.191. The van der Waals surface area contributed by atoms with Crippen LogP contribution in [0.25, 0.3) is 0 Å². The number of nitrogens with one attached hydrogen (secondary N) is 1. The first-order valence-corrected chi connectivity index (χ1v) is 6.99. The molecule has 2 heteroatoms. The van der Waals surface area contributed by atoms with Crippen molar-refractivity contribution < 1.29 is 0 Å². The molecule has 2 aliphatic rings. The first-order chi connectivity index (χ1) is 8.24. The average molecular weight is 231 g/mol.